The summed E-state index contributed by atoms with van der Waals surface area (Å²) in [6.45, 7) is 2.91. The van der Waals surface area contributed by atoms with E-state index < -0.39 is 5.97 Å². The van der Waals surface area contributed by atoms with Gasteiger partial charge in [-0.1, -0.05) is 28.4 Å². The zero-order chi connectivity index (χ0) is 14.5. The van der Waals surface area contributed by atoms with Gasteiger partial charge in [0.05, 0.1) is 5.56 Å². The van der Waals surface area contributed by atoms with Gasteiger partial charge < -0.3 is 15.3 Å². The summed E-state index contributed by atoms with van der Waals surface area (Å²) in [5, 5.41) is 12.4. The predicted molar refractivity (Wildman–Crippen MR) is 83.1 cm³/mol. The Morgan fingerprint density at radius 1 is 1.50 bits per heavy atom. The van der Waals surface area contributed by atoms with E-state index in [1.807, 2.05) is 6.07 Å². The molecule has 0 bridgehead atoms. The molecule has 1 heterocycles. The van der Waals surface area contributed by atoms with Crippen LogP contribution in [-0.2, 0) is 6.54 Å². The van der Waals surface area contributed by atoms with Crippen molar-refractivity contribution in [3.8, 4) is 0 Å². The van der Waals surface area contributed by atoms with Crippen LogP contribution in [0.15, 0.2) is 22.7 Å². The average molecular weight is 341 g/mol. The minimum Gasteiger partial charge on any atom is -0.478 e. The zero-order valence-corrected chi connectivity index (χ0v) is 13.3. The van der Waals surface area contributed by atoms with Crippen molar-refractivity contribution >= 4 is 21.9 Å². The highest BCUT2D eigenvalue weighted by Gasteiger charge is 2.18. The van der Waals surface area contributed by atoms with Crippen molar-refractivity contribution in [3.63, 3.8) is 0 Å². The van der Waals surface area contributed by atoms with Gasteiger partial charge in [0, 0.05) is 23.6 Å². The topological polar surface area (TPSA) is 52.6 Å². The Morgan fingerprint density at radius 3 is 2.95 bits per heavy atom. The number of likely N-dealkylation sites (N-methyl/N-ethyl adjacent to an activating group) is 1. The molecule has 5 heteroatoms. The third-order valence-corrected chi connectivity index (χ3v) is 4.66. The minimum atomic E-state index is -0.894. The highest BCUT2D eigenvalue weighted by atomic mass is 79.9. The largest absolute Gasteiger partial charge is 0.478 e. The van der Waals surface area contributed by atoms with Crippen molar-refractivity contribution in [2.75, 3.05) is 20.1 Å². The number of aromatic carboxylic acids is 1. The molecule has 0 spiro atoms. The molecular weight excluding hydrogens is 320 g/mol. The van der Waals surface area contributed by atoms with Crippen LogP contribution in [-0.4, -0.2) is 42.2 Å². The van der Waals surface area contributed by atoms with Crippen molar-refractivity contribution in [1.82, 2.24) is 10.2 Å². The number of piperidine rings is 1. The second-order valence-electron chi connectivity index (χ2n) is 5.37. The number of rotatable bonds is 5. The van der Waals surface area contributed by atoms with Gasteiger partial charge in [-0.05, 0) is 44.1 Å². The molecule has 110 valence electrons. The maximum atomic E-state index is 10.9. The molecule has 0 aromatic heterocycles. The van der Waals surface area contributed by atoms with Crippen LogP contribution in [0, 0.1) is 0 Å². The van der Waals surface area contributed by atoms with Crippen molar-refractivity contribution in [2.24, 2.45) is 0 Å². The van der Waals surface area contributed by atoms with Crippen molar-refractivity contribution in [1.29, 1.82) is 0 Å². The molecule has 4 nitrogen and oxygen atoms in total. The standard InChI is InChI=1S/C15H21BrN2O2/c1-18-7-3-2-4-13(18)10-17-9-12-6-5-11(15(19)20)8-14(12)16/h5-6,8,13,17H,2-4,7,9-10H2,1H3,(H,19,20). The Kier molecular flexibility index (Phi) is 5.57. The maximum absolute atomic E-state index is 10.9. The lowest BCUT2D eigenvalue weighted by molar-refractivity contribution is 0.0697. The second-order valence-corrected chi connectivity index (χ2v) is 6.23. The third-order valence-electron chi connectivity index (χ3n) is 3.92. The molecule has 2 rings (SSSR count). The molecule has 1 aliphatic rings. The summed E-state index contributed by atoms with van der Waals surface area (Å²) in [4.78, 5) is 13.3. The number of likely N-dealkylation sites (tertiary alicyclic amines) is 1. The molecular formula is C15H21BrN2O2. The van der Waals surface area contributed by atoms with E-state index in [9.17, 15) is 4.79 Å². The number of nitrogens with zero attached hydrogens (tertiary/aromatic N) is 1. The molecule has 0 aliphatic carbocycles. The van der Waals surface area contributed by atoms with Gasteiger partial charge in [0.1, 0.15) is 0 Å². The van der Waals surface area contributed by atoms with E-state index in [1.54, 1.807) is 12.1 Å². The summed E-state index contributed by atoms with van der Waals surface area (Å²) in [7, 11) is 2.18. The normalized spacial score (nSPS) is 20.0. The maximum Gasteiger partial charge on any atom is 0.335 e. The highest BCUT2D eigenvalue weighted by Crippen LogP contribution is 2.19. The Morgan fingerprint density at radius 2 is 2.30 bits per heavy atom. The van der Waals surface area contributed by atoms with Gasteiger partial charge in [-0.25, -0.2) is 4.79 Å². The van der Waals surface area contributed by atoms with Gasteiger partial charge in [-0.3, -0.25) is 0 Å². The lowest BCUT2D eigenvalue weighted by Gasteiger charge is -2.32. The molecule has 1 fully saturated rings. The first-order valence-electron chi connectivity index (χ1n) is 7.00. The van der Waals surface area contributed by atoms with Crippen LogP contribution in [0.2, 0.25) is 0 Å². The number of carbonyl (C=O) groups is 1. The van der Waals surface area contributed by atoms with Crippen molar-refractivity contribution in [3.05, 3.63) is 33.8 Å². The van der Waals surface area contributed by atoms with E-state index >= 15 is 0 Å². The zero-order valence-electron chi connectivity index (χ0n) is 11.7. The van der Waals surface area contributed by atoms with Gasteiger partial charge in [0.15, 0.2) is 0 Å². The Hall–Kier alpha value is -0.910. The number of nitrogens with one attached hydrogen (secondary N) is 1. The summed E-state index contributed by atoms with van der Waals surface area (Å²) in [5.74, 6) is -0.894. The summed E-state index contributed by atoms with van der Waals surface area (Å²) >= 11 is 3.44. The van der Waals surface area contributed by atoms with E-state index in [-0.39, 0.29) is 0 Å². The molecule has 1 saturated heterocycles. The minimum absolute atomic E-state index is 0.313. The van der Waals surface area contributed by atoms with Crippen LogP contribution in [0.3, 0.4) is 0 Å². The summed E-state index contributed by atoms with van der Waals surface area (Å²) in [6.07, 6.45) is 3.87. The first-order chi connectivity index (χ1) is 9.58. The van der Waals surface area contributed by atoms with Crippen molar-refractivity contribution < 1.29 is 9.90 Å². The molecule has 1 aliphatic heterocycles. The van der Waals surface area contributed by atoms with Gasteiger partial charge >= 0.3 is 5.97 Å². The monoisotopic (exact) mass is 340 g/mol. The summed E-state index contributed by atoms with van der Waals surface area (Å²) in [6, 6.07) is 5.79. The SMILES string of the molecule is CN1CCCCC1CNCc1ccc(C(=O)O)cc1Br. The van der Waals surface area contributed by atoms with E-state index in [1.165, 1.54) is 25.8 Å². The molecule has 0 saturated carbocycles. The lowest BCUT2D eigenvalue weighted by Crippen LogP contribution is -2.42. The molecule has 2 N–H and O–H groups in total. The van der Waals surface area contributed by atoms with Crippen LogP contribution in [0.4, 0.5) is 0 Å². The Bertz CT molecular complexity index is 479. The van der Waals surface area contributed by atoms with Crippen LogP contribution in [0.1, 0.15) is 35.2 Å². The second kappa shape index (κ2) is 7.20. The molecule has 1 aromatic rings. The summed E-state index contributed by atoms with van der Waals surface area (Å²) in [5.41, 5.74) is 1.40. The van der Waals surface area contributed by atoms with E-state index in [0.717, 1.165) is 23.1 Å². The number of carboxylic acids is 1. The van der Waals surface area contributed by atoms with E-state index in [2.05, 4.69) is 33.2 Å². The first kappa shape index (κ1) is 15.5. The first-order valence-corrected chi connectivity index (χ1v) is 7.80. The summed E-state index contributed by atoms with van der Waals surface area (Å²) < 4.78 is 0.849. The molecule has 1 aromatic carbocycles. The van der Waals surface area contributed by atoms with Crippen LogP contribution in [0.25, 0.3) is 0 Å². The number of halogens is 1. The smallest absolute Gasteiger partial charge is 0.335 e. The highest BCUT2D eigenvalue weighted by molar-refractivity contribution is 9.10. The lowest BCUT2D eigenvalue weighted by atomic mass is 10.0. The van der Waals surface area contributed by atoms with E-state index in [4.69, 9.17) is 5.11 Å². The number of hydrogen-bond acceptors (Lipinski definition) is 3. The molecule has 1 unspecified atom stereocenters. The molecule has 0 radical (unpaired) electrons. The average Bonchev–Trinajstić information content (AvgIpc) is 2.42. The van der Waals surface area contributed by atoms with Crippen molar-refractivity contribution in [2.45, 2.75) is 31.8 Å². The van der Waals surface area contributed by atoms with Gasteiger partial charge in [-0.2, -0.15) is 0 Å². The molecule has 0 amide bonds. The van der Waals surface area contributed by atoms with Crippen LogP contribution < -0.4 is 5.32 Å². The van der Waals surface area contributed by atoms with Crippen LogP contribution in [0.5, 0.6) is 0 Å². The van der Waals surface area contributed by atoms with E-state index in [0.29, 0.717) is 11.6 Å². The fraction of sp³-hybridized carbons (Fsp3) is 0.533. The van der Waals surface area contributed by atoms with Gasteiger partial charge in [0.2, 0.25) is 0 Å². The van der Waals surface area contributed by atoms with Gasteiger partial charge in [-0.15, -0.1) is 0 Å². The van der Waals surface area contributed by atoms with Gasteiger partial charge in [0.25, 0.3) is 0 Å². The fourth-order valence-electron chi connectivity index (χ4n) is 2.60. The fourth-order valence-corrected chi connectivity index (χ4v) is 3.12. The quantitative estimate of drug-likeness (QED) is 0.865. The Balaban J connectivity index is 1.86. The third kappa shape index (κ3) is 4.04. The Labute approximate surface area is 128 Å². The number of benzene rings is 1. The molecule has 1 atom stereocenters. The molecule has 20 heavy (non-hydrogen) atoms. The van der Waals surface area contributed by atoms with Crippen LogP contribution >= 0.6 is 15.9 Å². The predicted octanol–water partition coefficient (Wildman–Crippen LogP) is 2.72. The number of carboxylic acid groups (broad SMARTS) is 1. The number of hydrogen-bond donors (Lipinski definition) is 2.